The van der Waals surface area contributed by atoms with Gasteiger partial charge in [-0.3, -0.25) is 4.79 Å². The van der Waals surface area contributed by atoms with Crippen molar-refractivity contribution in [3.05, 3.63) is 108 Å². The molecule has 0 fully saturated rings. The fourth-order valence-corrected chi connectivity index (χ4v) is 5.38. The van der Waals surface area contributed by atoms with Crippen LogP contribution in [0.15, 0.2) is 108 Å². The molecule has 8 heteroatoms. The Balaban J connectivity index is 1.65. The molecule has 0 aromatic heterocycles. The number of amides is 1. The Morgan fingerprint density at radius 1 is 0.833 bits per heavy atom. The Kier molecular flexibility index (Phi) is 7.62. The van der Waals surface area contributed by atoms with Gasteiger partial charge in [0.05, 0.1) is 22.7 Å². The van der Waals surface area contributed by atoms with E-state index in [9.17, 15) is 13.2 Å². The molecule has 0 heterocycles. The molecule has 0 radical (unpaired) electrons. The molecular weight excluding hydrogens is 498 g/mol. The van der Waals surface area contributed by atoms with E-state index in [1.54, 1.807) is 30.3 Å². The SMILES string of the molecule is COc1ccc(N(C(=O)C(C)Oc2ccc(-c3ccccc3)cc2)S(=O)(=O)c2ccccc2)cc1Cl. The predicted octanol–water partition coefficient (Wildman–Crippen LogP) is 6.21. The van der Waals surface area contributed by atoms with Crippen molar-refractivity contribution in [1.82, 2.24) is 0 Å². The number of hydrogen-bond acceptors (Lipinski definition) is 5. The summed E-state index contributed by atoms with van der Waals surface area (Å²) in [6.07, 6.45) is -1.12. The third kappa shape index (κ3) is 5.37. The average molecular weight is 522 g/mol. The summed E-state index contributed by atoms with van der Waals surface area (Å²) in [6.45, 7) is 1.51. The van der Waals surface area contributed by atoms with Crippen molar-refractivity contribution in [2.24, 2.45) is 0 Å². The van der Waals surface area contributed by atoms with E-state index in [1.165, 1.54) is 44.4 Å². The van der Waals surface area contributed by atoms with Gasteiger partial charge >= 0.3 is 0 Å². The van der Waals surface area contributed by atoms with E-state index in [1.807, 2.05) is 42.5 Å². The fourth-order valence-electron chi connectivity index (χ4n) is 3.64. The highest BCUT2D eigenvalue weighted by atomic mass is 35.5. The van der Waals surface area contributed by atoms with E-state index in [4.69, 9.17) is 21.1 Å². The van der Waals surface area contributed by atoms with E-state index in [0.717, 1.165) is 15.4 Å². The number of anilines is 1. The minimum atomic E-state index is -4.27. The topological polar surface area (TPSA) is 72.9 Å². The Hall–Kier alpha value is -3.81. The number of rotatable bonds is 8. The molecule has 4 aromatic carbocycles. The summed E-state index contributed by atoms with van der Waals surface area (Å²) < 4.78 is 38.9. The molecule has 1 amide bonds. The van der Waals surface area contributed by atoms with Crippen molar-refractivity contribution in [2.75, 3.05) is 11.4 Å². The number of ether oxygens (including phenoxy) is 2. The molecule has 0 aliphatic heterocycles. The van der Waals surface area contributed by atoms with Gasteiger partial charge in [-0.1, -0.05) is 72.3 Å². The Labute approximate surface area is 215 Å². The van der Waals surface area contributed by atoms with Crippen LogP contribution < -0.4 is 13.8 Å². The highest BCUT2D eigenvalue weighted by Crippen LogP contribution is 2.33. The maximum Gasteiger partial charge on any atom is 0.281 e. The van der Waals surface area contributed by atoms with E-state index in [2.05, 4.69) is 0 Å². The van der Waals surface area contributed by atoms with Crippen molar-refractivity contribution in [3.8, 4) is 22.6 Å². The molecule has 4 aromatic rings. The molecule has 0 N–H and O–H groups in total. The number of benzene rings is 4. The average Bonchev–Trinajstić information content (AvgIpc) is 2.90. The van der Waals surface area contributed by atoms with Crippen LogP contribution in [0.1, 0.15) is 6.92 Å². The fraction of sp³-hybridized carbons (Fsp3) is 0.107. The minimum Gasteiger partial charge on any atom is -0.495 e. The lowest BCUT2D eigenvalue weighted by atomic mass is 10.1. The number of sulfonamides is 1. The summed E-state index contributed by atoms with van der Waals surface area (Å²) in [5, 5.41) is 0.168. The Morgan fingerprint density at radius 3 is 2.00 bits per heavy atom. The second kappa shape index (κ2) is 10.8. The maximum atomic E-state index is 13.6. The first-order chi connectivity index (χ1) is 17.3. The van der Waals surface area contributed by atoms with Gasteiger partial charge in [-0.2, -0.15) is 4.31 Å². The summed E-state index contributed by atoms with van der Waals surface area (Å²) in [5.74, 6) is 0.0142. The number of nitrogens with zero attached hydrogens (tertiary/aromatic N) is 1. The van der Waals surface area contributed by atoms with Crippen LogP contribution in [-0.2, 0) is 14.8 Å². The molecule has 184 valence electrons. The van der Waals surface area contributed by atoms with Crippen molar-refractivity contribution in [1.29, 1.82) is 0 Å². The lowest BCUT2D eigenvalue weighted by Crippen LogP contribution is -2.44. The third-order valence-corrected chi connectivity index (χ3v) is 7.51. The number of carbonyl (C=O) groups excluding carboxylic acids is 1. The lowest BCUT2D eigenvalue weighted by molar-refractivity contribution is -0.123. The van der Waals surface area contributed by atoms with Crippen LogP contribution in [0, 0.1) is 0 Å². The van der Waals surface area contributed by atoms with Crippen LogP contribution in [0.4, 0.5) is 5.69 Å². The van der Waals surface area contributed by atoms with Crippen molar-refractivity contribution < 1.29 is 22.7 Å². The van der Waals surface area contributed by atoms with Gasteiger partial charge < -0.3 is 9.47 Å². The van der Waals surface area contributed by atoms with Crippen LogP contribution in [0.25, 0.3) is 11.1 Å². The molecule has 0 bridgehead atoms. The van der Waals surface area contributed by atoms with Crippen LogP contribution in [0.3, 0.4) is 0 Å². The van der Waals surface area contributed by atoms with Gasteiger partial charge in [0.1, 0.15) is 11.5 Å². The first-order valence-corrected chi connectivity index (χ1v) is 12.9. The Morgan fingerprint density at radius 2 is 1.42 bits per heavy atom. The first-order valence-electron chi connectivity index (χ1n) is 11.1. The first kappa shape index (κ1) is 25.3. The van der Waals surface area contributed by atoms with Gasteiger partial charge in [-0.25, -0.2) is 8.42 Å². The van der Waals surface area contributed by atoms with Crippen molar-refractivity contribution >= 4 is 33.2 Å². The van der Waals surface area contributed by atoms with Gasteiger partial charge in [0.25, 0.3) is 15.9 Å². The number of halogens is 1. The summed E-state index contributed by atoms with van der Waals surface area (Å²) in [7, 11) is -2.82. The van der Waals surface area contributed by atoms with Crippen molar-refractivity contribution in [2.45, 2.75) is 17.9 Å². The summed E-state index contributed by atoms with van der Waals surface area (Å²) in [5.41, 5.74) is 2.11. The monoisotopic (exact) mass is 521 g/mol. The largest absolute Gasteiger partial charge is 0.495 e. The second-order valence-corrected chi connectivity index (χ2v) is 10.1. The standard InChI is InChI=1S/C28H24ClNO5S/c1-20(35-24-16-13-22(14-17-24)21-9-5-3-6-10-21)28(31)30(23-15-18-27(34-2)26(29)19-23)36(32,33)25-11-7-4-8-12-25/h3-20H,1-2H3. The zero-order valence-corrected chi connectivity index (χ0v) is 21.2. The van der Waals surface area contributed by atoms with Crippen LogP contribution in [0.2, 0.25) is 5.02 Å². The molecule has 0 saturated carbocycles. The van der Waals surface area contributed by atoms with Gasteiger partial charge in [0, 0.05) is 0 Å². The third-order valence-electron chi connectivity index (χ3n) is 5.47. The van der Waals surface area contributed by atoms with E-state index < -0.39 is 22.0 Å². The highest BCUT2D eigenvalue weighted by molar-refractivity contribution is 7.93. The van der Waals surface area contributed by atoms with Gasteiger partial charge in [0.15, 0.2) is 6.10 Å². The van der Waals surface area contributed by atoms with E-state index in [-0.39, 0.29) is 15.6 Å². The zero-order valence-electron chi connectivity index (χ0n) is 19.7. The molecule has 0 saturated heterocycles. The minimum absolute atomic E-state index is 0.0373. The van der Waals surface area contributed by atoms with Crippen LogP contribution in [-0.4, -0.2) is 27.5 Å². The summed E-state index contributed by atoms with van der Waals surface area (Å²) >= 11 is 6.26. The number of carbonyl (C=O) groups is 1. The van der Waals surface area contributed by atoms with Crippen molar-refractivity contribution in [3.63, 3.8) is 0 Å². The molecule has 6 nitrogen and oxygen atoms in total. The lowest BCUT2D eigenvalue weighted by Gasteiger charge is -2.26. The molecule has 4 rings (SSSR count). The molecule has 36 heavy (non-hydrogen) atoms. The molecule has 0 spiro atoms. The zero-order chi connectivity index (χ0) is 25.7. The van der Waals surface area contributed by atoms with Crippen LogP contribution in [0.5, 0.6) is 11.5 Å². The van der Waals surface area contributed by atoms with Gasteiger partial charge in [0.2, 0.25) is 0 Å². The predicted molar refractivity (Wildman–Crippen MR) is 141 cm³/mol. The number of hydrogen-bond donors (Lipinski definition) is 0. The smallest absolute Gasteiger partial charge is 0.281 e. The number of methoxy groups -OCH3 is 1. The van der Waals surface area contributed by atoms with E-state index in [0.29, 0.717) is 11.5 Å². The summed E-state index contributed by atoms with van der Waals surface area (Å²) in [4.78, 5) is 13.5. The molecule has 0 aliphatic carbocycles. The Bertz CT molecular complexity index is 1440. The normalized spacial score (nSPS) is 12.0. The summed E-state index contributed by atoms with van der Waals surface area (Å²) in [6, 6.07) is 29.1. The van der Waals surface area contributed by atoms with Gasteiger partial charge in [-0.05, 0) is 60.5 Å². The maximum absolute atomic E-state index is 13.6. The van der Waals surface area contributed by atoms with Crippen LogP contribution >= 0.6 is 11.6 Å². The highest BCUT2D eigenvalue weighted by Gasteiger charge is 2.35. The molecular formula is C28H24ClNO5S. The van der Waals surface area contributed by atoms with E-state index >= 15 is 0 Å². The molecule has 0 aliphatic rings. The quantitative estimate of drug-likeness (QED) is 0.276. The van der Waals surface area contributed by atoms with Gasteiger partial charge in [-0.15, -0.1) is 0 Å². The molecule has 1 atom stereocenters. The molecule has 1 unspecified atom stereocenters. The second-order valence-electron chi connectivity index (χ2n) is 7.89.